The number of anilines is 1. The average molecular weight is 1220 g/mol. The highest BCUT2D eigenvalue weighted by atomic mass is 35.5. The Morgan fingerprint density at radius 1 is 0.690 bits per heavy atom. The molecule has 452 valence electrons. The Kier molecular flexibility index (Phi) is 23.8. The van der Waals surface area contributed by atoms with Gasteiger partial charge in [0.1, 0.15) is 35.1 Å². The number of unbranched alkanes of at least 4 members (excludes halogenated alkanes) is 1. The fourth-order valence-corrected chi connectivity index (χ4v) is 11.7. The third kappa shape index (κ3) is 16.8. The molecular weight excluding hydrogens is 1140 g/mol. The Hall–Kier alpha value is -6.73. The van der Waals surface area contributed by atoms with Gasteiger partial charge in [-0.05, 0) is 132 Å². The summed E-state index contributed by atoms with van der Waals surface area (Å²) >= 11 is 6.05. The number of halogens is 1. The first kappa shape index (κ1) is 64.8. The number of benzene rings is 5. The van der Waals surface area contributed by atoms with Crippen LogP contribution in [0.15, 0.2) is 111 Å². The van der Waals surface area contributed by atoms with Crippen LogP contribution >= 0.6 is 11.6 Å². The van der Waals surface area contributed by atoms with E-state index in [0.29, 0.717) is 94.5 Å². The van der Waals surface area contributed by atoms with Gasteiger partial charge in [0.05, 0.1) is 82.9 Å². The van der Waals surface area contributed by atoms with Crippen LogP contribution in [0.5, 0.6) is 5.75 Å². The summed E-state index contributed by atoms with van der Waals surface area (Å²) in [6, 6.07) is 26.8. The van der Waals surface area contributed by atoms with Crippen LogP contribution in [0.1, 0.15) is 68.6 Å². The lowest BCUT2D eigenvalue weighted by atomic mass is 9.93. The van der Waals surface area contributed by atoms with E-state index in [4.69, 9.17) is 39.7 Å². The first-order valence-electron chi connectivity index (χ1n) is 28.2. The number of methoxy groups -OCH3 is 1. The number of ether oxygens (including phenoxy) is 5. The normalized spacial score (nSPS) is 11.9. The van der Waals surface area contributed by atoms with E-state index >= 15 is 0 Å². The van der Waals surface area contributed by atoms with E-state index in [9.17, 15) is 35.8 Å². The lowest BCUT2D eigenvalue weighted by Crippen LogP contribution is -2.29. The Morgan fingerprint density at radius 2 is 1.33 bits per heavy atom. The summed E-state index contributed by atoms with van der Waals surface area (Å²) < 4.78 is 104. The summed E-state index contributed by atoms with van der Waals surface area (Å²) in [6.45, 7) is 15.6. The molecule has 0 fully saturated rings. The molecule has 5 aromatic rings. The molecule has 0 saturated heterocycles. The van der Waals surface area contributed by atoms with Crippen molar-refractivity contribution < 1.29 is 63.9 Å². The standard InChI is InChI=1S/C61H75ClN6O14S2/c1-7-66(8-2)45-17-21-49-55(37-45)82-56-38-46(67(9-3)10-4)18-22-50(56)60(49)53-40-48(20-24-57(53)84(74,75)76)83(72,73)65-28-30-79-32-34-81-36-35-80-33-31-78-29-25-58(69)63-26-11-12-27-64-59(70)41-51-42(5)68(54-23-19-47(77-6)39-52(51)54)61(71)43-13-15-44(62)16-14-43/h13-24,37-40,65H,7-12,25-36,41H2,1-6H3,(H2-,63,64,69,70,74,75,76)/p+1. The molecule has 84 heavy (non-hydrogen) atoms. The zero-order valence-electron chi connectivity index (χ0n) is 48.5. The van der Waals surface area contributed by atoms with Crippen molar-refractivity contribution in [3.8, 4) is 28.2 Å². The smallest absolute Gasteiger partial charge is 0.295 e. The van der Waals surface area contributed by atoms with Crippen LogP contribution in [0.2, 0.25) is 5.02 Å². The van der Waals surface area contributed by atoms with Gasteiger partial charge in [0.2, 0.25) is 27.2 Å². The molecule has 0 atom stereocenters. The van der Waals surface area contributed by atoms with Crippen LogP contribution in [0, 0.1) is 6.92 Å². The Morgan fingerprint density at radius 3 is 1.96 bits per heavy atom. The average Bonchev–Trinajstić information content (AvgIpc) is 1.25. The molecule has 4 N–H and O–H groups in total. The molecule has 0 radical (unpaired) electrons. The maximum atomic E-state index is 13.7. The monoisotopic (exact) mass is 1220 g/mol. The van der Waals surface area contributed by atoms with Gasteiger partial charge in [-0.2, -0.15) is 8.42 Å². The van der Waals surface area contributed by atoms with Crippen LogP contribution < -0.4 is 34.9 Å². The Bertz CT molecular complexity index is 3670. The van der Waals surface area contributed by atoms with Crippen molar-refractivity contribution in [2.75, 3.05) is 111 Å². The maximum Gasteiger partial charge on any atom is 0.295 e. The number of sulfonamides is 1. The number of hydrogen-bond acceptors (Lipinski definition) is 14. The third-order valence-electron chi connectivity index (χ3n) is 14.3. The molecule has 1 aliphatic carbocycles. The minimum Gasteiger partial charge on any atom is -0.497 e. The second-order valence-electron chi connectivity index (χ2n) is 19.6. The SMILES string of the molecule is CCN(CC)c1ccc2c(-c3cc(S(=O)(=O)NCCOCCOCCOCCOCCC(=O)NCCCCNC(=O)Cc4c(C)n(C(=O)c5ccc(Cl)cc5)c5ccc(OC)cc45)ccc3S(=O)(=O)O)c3ccc(=[N+](CC)CC)cc-3oc2c1. The van der Waals surface area contributed by atoms with Gasteiger partial charge >= 0.3 is 0 Å². The van der Waals surface area contributed by atoms with Crippen molar-refractivity contribution in [2.45, 2.75) is 70.1 Å². The van der Waals surface area contributed by atoms with Crippen LogP contribution in [0.25, 0.3) is 44.3 Å². The summed E-state index contributed by atoms with van der Waals surface area (Å²) in [5, 5.41) is 8.52. The van der Waals surface area contributed by atoms with Gasteiger partial charge < -0.3 is 43.6 Å². The summed E-state index contributed by atoms with van der Waals surface area (Å²) in [4.78, 5) is 40.6. The van der Waals surface area contributed by atoms with Crippen molar-refractivity contribution in [1.82, 2.24) is 24.5 Å². The number of nitrogens with zero attached hydrogens (tertiary/aromatic N) is 3. The summed E-state index contributed by atoms with van der Waals surface area (Å²) in [5.74, 6) is 0.493. The van der Waals surface area contributed by atoms with Gasteiger partial charge in [0, 0.05) is 101 Å². The molecule has 7 rings (SSSR count). The topological polar surface area (TPSA) is 246 Å². The van der Waals surface area contributed by atoms with Crippen molar-refractivity contribution >= 4 is 77.0 Å². The molecule has 2 aliphatic rings. The number of hydrogen-bond donors (Lipinski definition) is 4. The van der Waals surface area contributed by atoms with E-state index in [2.05, 4.69) is 24.8 Å². The molecule has 0 spiro atoms. The lowest BCUT2D eigenvalue weighted by Gasteiger charge is -2.23. The first-order chi connectivity index (χ1) is 40.4. The van der Waals surface area contributed by atoms with Gasteiger partial charge in [-0.25, -0.2) is 17.7 Å². The summed E-state index contributed by atoms with van der Waals surface area (Å²) in [7, 11) is -7.48. The minimum absolute atomic E-state index is 0.00508. The molecule has 2 amide bonds. The zero-order chi connectivity index (χ0) is 60.4. The molecule has 20 nitrogen and oxygen atoms in total. The highest BCUT2D eigenvalue weighted by Gasteiger charge is 2.28. The third-order valence-corrected chi connectivity index (χ3v) is 16.9. The van der Waals surface area contributed by atoms with E-state index in [1.807, 2.05) is 83.1 Å². The number of carbonyl (C=O) groups excluding carboxylic acids is 3. The fraction of sp³-hybridized carbons (Fsp3) is 0.410. The molecule has 2 heterocycles. The van der Waals surface area contributed by atoms with Gasteiger partial charge in [0.25, 0.3) is 16.0 Å². The fourth-order valence-electron chi connectivity index (χ4n) is 9.90. The van der Waals surface area contributed by atoms with E-state index in [-0.39, 0.29) is 87.2 Å². The van der Waals surface area contributed by atoms with Gasteiger partial charge in [0.15, 0.2) is 0 Å². The summed E-state index contributed by atoms with van der Waals surface area (Å²) in [5.41, 5.74) is 4.78. The molecule has 4 aromatic carbocycles. The van der Waals surface area contributed by atoms with Gasteiger partial charge in [-0.1, -0.05) is 11.6 Å². The van der Waals surface area contributed by atoms with Crippen LogP contribution in [-0.2, 0) is 55.1 Å². The van der Waals surface area contributed by atoms with E-state index < -0.39 is 25.0 Å². The quantitative estimate of drug-likeness (QED) is 0.0133. The number of nitrogens with one attached hydrogen (secondary N) is 3. The Balaban J connectivity index is 0.768. The van der Waals surface area contributed by atoms with E-state index in [1.165, 1.54) is 6.07 Å². The second kappa shape index (κ2) is 30.9. The molecule has 0 saturated carbocycles. The number of rotatable bonds is 33. The van der Waals surface area contributed by atoms with E-state index in [0.717, 1.165) is 60.3 Å². The van der Waals surface area contributed by atoms with Crippen LogP contribution in [0.4, 0.5) is 5.69 Å². The Labute approximate surface area is 496 Å². The lowest BCUT2D eigenvalue weighted by molar-refractivity contribution is -0.122. The maximum absolute atomic E-state index is 13.7. The van der Waals surface area contributed by atoms with Crippen molar-refractivity contribution in [1.29, 1.82) is 0 Å². The first-order valence-corrected chi connectivity index (χ1v) is 31.5. The molecular formula is C61H76ClN6O14S2+. The van der Waals surface area contributed by atoms with Crippen molar-refractivity contribution in [3.05, 3.63) is 124 Å². The number of aromatic nitrogens is 1. The predicted octanol–water partition coefficient (Wildman–Crippen LogP) is 7.71. The molecule has 1 aliphatic heterocycles. The van der Waals surface area contributed by atoms with Gasteiger partial charge in [-0.15, -0.1) is 0 Å². The van der Waals surface area contributed by atoms with Crippen molar-refractivity contribution in [2.24, 2.45) is 0 Å². The molecule has 23 heteroatoms. The summed E-state index contributed by atoms with van der Waals surface area (Å²) in [6.07, 6.45) is 1.56. The predicted molar refractivity (Wildman–Crippen MR) is 324 cm³/mol. The number of fused-ring (bicyclic) bond motifs is 3. The highest BCUT2D eigenvalue weighted by molar-refractivity contribution is 7.89. The van der Waals surface area contributed by atoms with Crippen molar-refractivity contribution in [3.63, 3.8) is 0 Å². The number of carbonyl (C=O) groups is 3. The largest absolute Gasteiger partial charge is 0.497 e. The van der Waals surface area contributed by atoms with Crippen LogP contribution in [-0.4, -0.2) is 149 Å². The molecule has 0 bridgehead atoms. The van der Waals surface area contributed by atoms with Crippen LogP contribution in [0.3, 0.4) is 0 Å². The minimum atomic E-state index is -4.84. The number of amides is 2. The molecule has 0 unspecified atom stereocenters. The molecule has 1 aromatic heterocycles. The zero-order valence-corrected chi connectivity index (χ0v) is 50.9. The van der Waals surface area contributed by atoms with Gasteiger partial charge in [-0.3, -0.25) is 23.5 Å². The highest BCUT2D eigenvalue weighted by Crippen LogP contribution is 2.44. The van der Waals surface area contributed by atoms with E-state index in [1.54, 1.807) is 42.0 Å². The second-order valence-corrected chi connectivity index (χ2v) is 23.2.